The van der Waals surface area contributed by atoms with Gasteiger partial charge in [0.2, 0.25) is 5.16 Å². The molecule has 0 radical (unpaired) electrons. The van der Waals surface area contributed by atoms with Crippen molar-refractivity contribution in [2.75, 3.05) is 11.6 Å². The van der Waals surface area contributed by atoms with Gasteiger partial charge < -0.3 is 5.84 Å². The summed E-state index contributed by atoms with van der Waals surface area (Å²) in [6, 6.07) is 0. The van der Waals surface area contributed by atoms with E-state index in [1.54, 1.807) is 11.8 Å². The third-order valence-electron chi connectivity index (χ3n) is 1.56. The SMILES string of the molecule is CCCCSc1nnc(C)n1N. The molecule has 12 heavy (non-hydrogen) atoms. The Hall–Kier alpha value is -0.710. The van der Waals surface area contributed by atoms with E-state index < -0.39 is 0 Å². The maximum absolute atomic E-state index is 5.66. The molecule has 1 heterocycles. The van der Waals surface area contributed by atoms with E-state index in [-0.39, 0.29) is 0 Å². The number of hydrogen-bond acceptors (Lipinski definition) is 4. The number of thioether (sulfide) groups is 1. The number of nitrogens with zero attached hydrogens (tertiary/aromatic N) is 3. The minimum atomic E-state index is 0.758. The molecule has 0 bridgehead atoms. The van der Waals surface area contributed by atoms with Crippen LogP contribution in [-0.4, -0.2) is 20.6 Å². The Bertz CT molecular complexity index is 246. The molecule has 0 saturated carbocycles. The Kier molecular flexibility index (Phi) is 3.40. The number of hydrogen-bond donors (Lipinski definition) is 1. The highest BCUT2D eigenvalue weighted by molar-refractivity contribution is 7.99. The van der Waals surface area contributed by atoms with E-state index in [0.717, 1.165) is 16.7 Å². The average Bonchev–Trinajstić information content (AvgIpc) is 2.36. The van der Waals surface area contributed by atoms with Crippen molar-refractivity contribution in [3.05, 3.63) is 5.82 Å². The Morgan fingerprint density at radius 1 is 1.50 bits per heavy atom. The van der Waals surface area contributed by atoms with Crippen LogP contribution in [0.4, 0.5) is 0 Å². The molecule has 4 nitrogen and oxygen atoms in total. The van der Waals surface area contributed by atoms with Crippen molar-refractivity contribution in [3.8, 4) is 0 Å². The summed E-state index contributed by atoms with van der Waals surface area (Å²) in [5, 5.41) is 8.61. The van der Waals surface area contributed by atoms with Gasteiger partial charge in [0.05, 0.1) is 0 Å². The summed E-state index contributed by atoms with van der Waals surface area (Å²) in [5.74, 6) is 7.48. The lowest BCUT2D eigenvalue weighted by atomic mass is 10.4. The Labute approximate surface area is 76.5 Å². The molecule has 0 aromatic carbocycles. The van der Waals surface area contributed by atoms with Crippen LogP contribution in [0.5, 0.6) is 0 Å². The van der Waals surface area contributed by atoms with Crippen molar-refractivity contribution in [2.45, 2.75) is 31.8 Å². The van der Waals surface area contributed by atoms with E-state index >= 15 is 0 Å². The van der Waals surface area contributed by atoms with Crippen LogP contribution in [0.1, 0.15) is 25.6 Å². The van der Waals surface area contributed by atoms with Crippen LogP contribution in [0.3, 0.4) is 0 Å². The van der Waals surface area contributed by atoms with Gasteiger partial charge in [0.25, 0.3) is 0 Å². The van der Waals surface area contributed by atoms with E-state index in [0.29, 0.717) is 0 Å². The summed E-state index contributed by atoms with van der Waals surface area (Å²) in [6.45, 7) is 4.01. The van der Waals surface area contributed by atoms with Gasteiger partial charge in [-0.1, -0.05) is 25.1 Å². The van der Waals surface area contributed by atoms with Crippen LogP contribution in [0.2, 0.25) is 0 Å². The molecule has 0 saturated heterocycles. The van der Waals surface area contributed by atoms with Crippen molar-refractivity contribution >= 4 is 11.8 Å². The quantitative estimate of drug-likeness (QED) is 0.436. The number of rotatable bonds is 4. The molecule has 0 unspecified atom stereocenters. The molecule has 1 rings (SSSR count). The normalized spacial score (nSPS) is 10.5. The van der Waals surface area contributed by atoms with Gasteiger partial charge in [-0.2, -0.15) is 0 Å². The highest BCUT2D eigenvalue weighted by atomic mass is 32.2. The summed E-state index contributed by atoms with van der Waals surface area (Å²) in [5.41, 5.74) is 0. The van der Waals surface area contributed by atoms with Gasteiger partial charge in [-0.05, 0) is 13.3 Å². The third kappa shape index (κ3) is 2.14. The van der Waals surface area contributed by atoms with Crippen LogP contribution in [-0.2, 0) is 0 Å². The highest BCUT2D eigenvalue weighted by Crippen LogP contribution is 2.15. The van der Waals surface area contributed by atoms with Crippen molar-refractivity contribution in [3.63, 3.8) is 0 Å². The van der Waals surface area contributed by atoms with Crippen LogP contribution >= 0.6 is 11.8 Å². The fraction of sp³-hybridized carbons (Fsp3) is 0.714. The number of nitrogen functional groups attached to an aromatic ring is 1. The second-order valence-electron chi connectivity index (χ2n) is 2.60. The monoisotopic (exact) mass is 186 g/mol. The lowest BCUT2D eigenvalue weighted by Gasteiger charge is -1.99. The zero-order chi connectivity index (χ0) is 8.97. The van der Waals surface area contributed by atoms with Crippen LogP contribution in [0.15, 0.2) is 5.16 Å². The lowest BCUT2D eigenvalue weighted by molar-refractivity contribution is 0.819. The summed E-state index contributed by atoms with van der Waals surface area (Å²) >= 11 is 1.66. The molecule has 0 aliphatic rings. The van der Waals surface area contributed by atoms with Gasteiger partial charge in [-0.15, -0.1) is 10.2 Å². The van der Waals surface area contributed by atoms with E-state index in [2.05, 4.69) is 17.1 Å². The van der Waals surface area contributed by atoms with Crippen molar-refractivity contribution in [1.29, 1.82) is 0 Å². The van der Waals surface area contributed by atoms with Crippen LogP contribution in [0, 0.1) is 6.92 Å². The highest BCUT2D eigenvalue weighted by Gasteiger charge is 2.04. The second kappa shape index (κ2) is 4.35. The molecular formula is C7H14N4S. The van der Waals surface area contributed by atoms with E-state index in [9.17, 15) is 0 Å². The summed E-state index contributed by atoms with van der Waals surface area (Å²) in [4.78, 5) is 0. The number of aromatic nitrogens is 3. The predicted molar refractivity (Wildman–Crippen MR) is 50.5 cm³/mol. The largest absolute Gasteiger partial charge is 0.336 e. The van der Waals surface area contributed by atoms with Crippen LogP contribution in [0.25, 0.3) is 0 Å². The molecular weight excluding hydrogens is 172 g/mol. The van der Waals surface area contributed by atoms with Crippen molar-refractivity contribution < 1.29 is 0 Å². The molecule has 0 fully saturated rings. The molecule has 0 atom stereocenters. The second-order valence-corrected chi connectivity index (χ2v) is 3.66. The van der Waals surface area contributed by atoms with Crippen LogP contribution < -0.4 is 5.84 Å². The standard InChI is InChI=1S/C7H14N4S/c1-3-4-5-12-7-10-9-6(2)11(7)8/h3-5,8H2,1-2H3. The maximum Gasteiger partial charge on any atom is 0.209 e. The minimum absolute atomic E-state index is 0.758. The van der Waals surface area contributed by atoms with Gasteiger partial charge in [-0.3, -0.25) is 0 Å². The van der Waals surface area contributed by atoms with E-state index in [1.807, 2.05) is 6.92 Å². The lowest BCUT2D eigenvalue weighted by Crippen LogP contribution is -2.11. The summed E-state index contributed by atoms with van der Waals surface area (Å²) < 4.78 is 1.53. The summed E-state index contributed by atoms with van der Waals surface area (Å²) in [6.07, 6.45) is 2.39. The maximum atomic E-state index is 5.66. The van der Waals surface area contributed by atoms with Crippen molar-refractivity contribution in [2.24, 2.45) is 0 Å². The molecule has 1 aromatic heterocycles. The number of unbranched alkanes of at least 4 members (excludes halogenated alkanes) is 1. The number of nitrogens with two attached hydrogens (primary N) is 1. The van der Waals surface area contributed by atoms with Gasteiger partial charge in [0, 0.05) is 5.75 Å². The first-order chi connectivity index (χ1) is 5.75. The van der Waals surface area contributed by atoms with E-state index in [1.165, 1.54) is 17.5 Å². The van der Waals surface area contributed by atoms with Gasteiger partial charge in [-0.25, -0.2) is 4.68 Å². The Morgan fingerprint density at radius 3 is 2.75 bits per heavy atom. The Balaban J connectivity index is 2.46. The van der Waals surface area contributed by atoms with Gasteiger partial charge >= 0.3 is 0 Å². The molecule has 0 amide bonds. The summed E-state index contributed by atoms with van der Waals surface area (Å²) in [7, 11) is 0. The van der Waals surface area contributed by atoms with Crippen molar-refractivity contribution in [1.82, 2.24) is 14.9 Å². The fourth-order valence-electron chi connectivity index (χ4n) is 0.756. The van der Waals surface area contributed by atoms with Gasteiger partial charge in [0.15, 0.2) is 0 Å². The zero-order valence-electron chi connectivity index (χ0n) is 7.45. The molecule has 0 aliphatic carbocycles. The molecule has 2 N–H and O–H groups in total. The van der Waals surface area contributed by atoms with Gasteiger partial charge in [0.1, 0.15) is 5.82 Å². The average molecular weight is 186 g/mol. The molecule has 5 heteroatoms. The smallest absolute Gasteiger partial charge is 0.209 e. The molecule has 68 valence electrons. The topological polar surface area (TPSA) is 56.7 Å². The Morgan fingerprint density at radius 2 is 2.25 bits per heavy atom. The first-order valence-electron chi connectivity index (χ1n) is 4.05. The molecule has 1 aromatic rings. The van der Waals surface area contributed by atoms with E-state index in [4.69, 9.17) is 5.84 Å². The predicted octanol–water partition coefficient (Wildman–Crippen LogP) is 1.19. The zero-order valence-corrected chi connectivity index (χ0v) is 8.27. The first-order valence-corrected chi connectivity index (χ1v) is 5.04. The fourth-order valence-corrected chi connectivity index (χ4v) is 1.74. The number of aryl methyl sites for hydroxylation is 1. The molecule has 0 spiro atoms. The molecule has 0 aliphatic heterocycles. The third-order valence-corrected chi connectivity index (χ3v) is 2.59. The first kappa shape index (κ1) is 9.38. The minimum Gasteiger partial charge on any atom is -0.336 e.